The minimum absolute atomic E-state index is 0.0278. The largest absolute Gasteiger partial charge is 0.493 e. The second-order valence-corrected chi connectivity index (χ2v) is 40.4. The number of aryl methyl sites for hydroxylation is 2. The van der Waals surface area contributed by atoms with E-state index in [0.717, 1.165) is 152 Å². The number of piperidine rings is 1. The highest BCUT2D eigenvalue weighted by molar-refractivity contribution is 7.15. The number of hydrogen-bond donors (Lipinski definition) is 5. The molecule has 1 fully saturated rings. The molecule has 3 aromatic carbocycles. The normalized spacial score (nSPS) is 20.9. The third-order valence-electron chi connectivity index (χ3n) is 26.5. The fourth-order valence-electron chi connectivity index (χ4n) is 18.6. The summed E-state index contributed by atoms with van der Waals surface area (Å²) in [5, 5.41) is 19.5. The van der Waals surface area contributed by atoms with Gasteiger partial charge in [-0.2, -0.15) is 14.6 Å². The number of thiophene rings is 3. The van der Waals surface area contributed by atoms with Crippen molar-refractivity contribution < 1.29 is 33.1 Å². The Hall–Kier alpha value is -15.5. The van der Waals surface area contributed by atoms with Gasteiger partial charge < -0.3 is 32.6 Å². The number of benzene rings is 3. The molecular formula is C110H110ClFN22O6S3. The molecule has 0 radical (unpaired) electrons. The van der Waals surface area contributed by atoms with Gasteiger partial charge in [-0.1, -0.05) is 98.4 Å². The number of rotatable bonds is 12. The van der Waals surface area contributed by atoms with Crippen molar-refractivity contribution in [1.29, 1.82) is 5.41 Å². The van der Waals surface area contributed by atoms with Crippen molar-refractivity contribution in [2.75, 3.05) is 41.8 Å². The summed E-state index contributed by atoms with van der Waals surface area (Å²) in [6, 6.07) is 35.6. The van der Waals surface area contributed by atoms with Gasteiger partial charge in [-0.25, -0.2) is 24.7 Å². The fraction of sp³-hybridized carbons (Fsp3) is 0.309. The minimum Gasteiger partial charge on any atom is -0.493 e. The second kappa shape index (κ2) is 42.1. The fourth-order valence-corrected chi connectivity index (χ4v) is 22.2. The number of aromatic nitrogens is 8. The molecule has 728 valence electrons. The van der Waals surface area contributed by atoms with Crippen molar-refractivity contribution in [3.63, 3.8) is 0 Å². The molecule has 1 spiro atoms. The number of pyridine rings is 4. The Morgan fingerprint density at radius 1 is 0.524 bits per heavy atom. The molecule has 1 aliphatic carbocycles. The van der Waals surface area contributed by atoms with Crippen LogP contribution in [0.2, 0.25) is 5.02 Å². The van der Waals surface area contributed by atoms with Gasteiger partial charge in [0.1, 0.15) is 22.7 Å². The van der Waals surface area contributed by atoms with Gasteiger partial charge in [0.15, 0.2) is 29.0 Å². The zero-order valence-corrected chi connectivity index (χ0v) is 85.9. The number of nitrogens with zero attached hydrogens (tertiary/aromatic N) is 17. The van der Waals surface area contributed by atoms with E-state index in [1.54, 1.807) is 157 Å². The Bertz CT molecular complexity index is 7530. The topological polar surface area (TPSA) is 375 Å². The number of fused-ring (bicyclic) bond motifs is 3. The van der Waals surface area contributed by atoms with Gasteiger partial charge in [-0.3, -0.25) is 73.6 Å². The van der Waals surface area contributed by atoms with Gasteiger partial charge in [0.05, 0.1) is 65.6 Å². The zero-order chi connectivity index (χ0) is 102. The van der Waals surface area contributed by atoms with Crippen LogP contribution in [0.15, 0.2) is 197 Å². The standard InChI is InChI=1S/C27H30N6O.C26H24N4O2S.C20H20N4OS.C19H18FN3OS.C18H18ClN5O/c1-7-8-18-13-21(16-29-15-18)22-14-23(33(6)31-22)27(4)24(25(34)32(5)26(28)30-27)20-11-9-19(10-12-20)17(2)3;1-4-5-16-10-19(14-28-13-16)20-12-22(33-15-20)26(2)23(24(31)30(3)25(27)29-26)18-6-7-21-17(11-18)8-9-32-21;1-3-5-13-8-14(12-22-11-13)17-9-15-16(26-17)6-4-7-20(15)10-18(25)24(2)19(21)23-20;1-4-5-12-6-13(11-22-10-12)14-7-15(25-18(14)20)19(2)8-16(21)23(3)17(24)9-19;1-4-5-12-6-14(19)8-15(7-12)24-11-13(10-21-24)18(2)9-16(25)23(3)17(20)22-18/h9-17,24H,1-6H3,(H2,28,30);6-7,10-15,23H,8-9H2,1-3H3,(H2,27,29);8-9,11-12H,4,6-7,10H2,1-2H3,(H2,21,23);6-7,10-11,21H,8-9H2,1-3H3;6-8,10-11H,9H2,1-3H3,(H2,20,22)/t24?,27-;23-,26-;20-;19-;18-/m11000/s1. The Balaban J connectivity index is 0.000000136. The lowest BCUT2D eigenvalue weighted by Crippen LogP contribution is -2.53. The van der Waals surface area contributed by atoms with E-state index in [4.69, 9.17) is 64.8 Å². The van der Waals surface area contributed by atoms with Crippen LogP contribution >= 0.6 is 45.6 Å². The van der Waals surface area contributed by atoms with E-state index in [2.05, 4.69) is 145 Å². The maximum atomic E-state index is 14.6. The van der Waals surface area contributed by atoms with E-state index in [9.17, 15) is 28.4 Å². The highest BCUT2D eigenvalue weighted by Gasteiger charge is 2.52. The van der Waals surface area contributed by atoms with Gasteiger partial charge in [-0.15, -0.1) is 63.6 Å². The molecular weight excluding hydrogens is 1880 g/mol. The molecule has 7 aliphatic rings. The van der Waals surface area contributed by atoms with Gasteiger partial charge in [0.2, 0.25) is 29.5 Å². The molecule has 9 N–H and O–H groups in total. The molecule has 12 aromatic rings. The number of likely N-dealkylation sites (N-methyl/N-ethyl adjacent to an activating group) is 2. The summed E-state index contributed by atoms with van der Waals surface area (Å²) in [7, 11) is 10.1. The number of guanidine groups is 4. The molecule has 9 aromatic heterocycles. The number of amidine groups is 1. The predicted octanol–water partition coefficient (Wildman–Crippen LogP) is 16.7. The molecule has 19 rings (SSSR count). The van der Waals surface area contributed by atoms with Gasteiger partial charge >= 0.3 is 0 Å². The SMILES string of the molecule is CC#Cc1cc(Cl)cc(-n2cc([C@]3(C)CC(=O)N(C)C(N)=N3)cn2)c1.CC#Cc1cncc(-c2cc([C@@]3(C)CC(=N)N(C)C(=O)C3)sc2F)c1.CC#Cc1cncc(-c2cc([C@@]3(C)N=C(N)N(C)C(=O)C3c3ccc(C(C)C)cc3)n(C)n2)c1.CC#Cc1cncc(-c2cc3c(s2)CCC[C@]32CC(=O)N(C)C(N)=N2)c1.CC#Cc1cncc(-c2csc([C@@]3(C)N=C(N)N(C)C(=O)[C@H]3c3ccc4c(c3)CCO4)c2)c1. The number of amides is 5. The molecule has 1 saturated heterocycles. The van der Waals surface area contributed by atoms with E-state index in [1.807, 2.05) is 115 Å². The van der Waals surface area contributed by atoms with Crippen LogP contribution in [0, 0.1) is 69.7 Å². The summed E-state index contributed by atoms with van der Waals surface area (Å²) < 4.78 is 23.8. The molecule has 28 nitrogen and oxygen atoms in total. The lowest BCUT2D eigenvalue weighted by molar-refractivity contribution is -0.131. The Kier molecular flexibility index (Phi) is 30.0. The zero-order valence-electron chi connectivity index (χ0n) is 82.7. The van der Waals surface area contributed by atoms with Crippen LogP contribution in [0.25, 0.3) is 49.6 Å². The molecule has 6 aliphatic heterocycles. The maximum absolute atomic E-state index is 14.6. The Morgan fingerprint density at radius 3 is 1.68 bits per heavy atom. The number of ether oxygens (including phenoxy) is 1. The number of nitrogens with one attached hydrogen (secondary N) is 1. The first-order valence-corrected chi connectivity index (χ1v) is 49.2. The molecule has 7 atom stereocenters. The van der Waals surface area contributed by atoms with E-state index in [-0.39, 0.29) is 71.2 Å². The summed E-state index contributed by atoms with van der Waals surface area (Å²) in [6.07, 6.45) is 22.5. The van der Waals surface area contributed by atoms with Crippen LogP contribution in [0.3, 0.4) is 0 Å². The molecule has 1 unspecified atom stereocenters. The third-order valence-corrected chi connectivity index (χ3v) is 30.4. The van der Waals surface area contributed by atoms with Crippen molar-refractivity contribution in [3.05, 3.63) is 268 Å². The number of hydrogen-bond acceptors (Lipinski definition) is 24. The first-order chi connectivity index (χ1) is 68.2. The quantitative estimate of drug-likeness (QED) is 0.0709. The molecule has 33 heteroatoms. The van der Waals surface area contributed by atoms with Crippen LogP contribution in [-0.4, -0.2) is 165 Å². The molecule has 15 heterocycles. The maximum Gasteiger partial charge on any atom is 0.239 e. The smallest absolute Gasteiger partial charge is 0.239 e. The van der Waals surface area contributed by atoms with Crippen molar-refractivity contribution in [2.24, 2.45) is 50.0 Å². The molecule has 0 bridgehead atoms. The molecule has 0 saturated carbocycles. The van der Waals surface area contributed by atoms with Crippen molar-refractivity contribution in [2.45, 2.75) is 173 Å². The number of likely N-dealkylation sites (tertiary alicyclic amines) is 1. The number of nitrogens with two attached hydrogens (primary N) is 4. The summed E-state index contributed by atoms with van der Waals surface area (Å²) in [4.78, 5) is 111. The number of aliphatic imine (C=N–C) groups is 4. The predicted molar refractivity (Wildman–Crippen MR) is 563 cm³/mol. The van der Waals surface area contributed by atoms with E-state index < -0.39 is 39.4 Å². The van der Waals surface area contributed by atoms with Gasteiger partial charge in [0.25, 0.3) is 0 Å². The lowest BCUT2D eigenvalue weighted by atomic mass is 9.76. The summed E-state index contributed by atoms with van der Waals surface area (Å²) in [5.74, 6) is 30.5. The van der Waals surface area contributed by atoms with Crippen LogP contribution < -0.4 is 27.7 Å². The minimum atomic E-state index is -0.943. The second-order valence-electron chi connectivity index (χ2n) is 36.9. The monoisotopic (exact) mass is 1980 g/mol. The van der Waals surface area contributed by atoms with E-state index in [0.29, 0.717) is 47.5 Å². The Labute approximate surface area is 849 Å². The van der Waals surface area contributed by atoms with Crippen LogP contribution in [0.5, 0.6) is 5.75 Å². The van der Waals surface area contributed by atoms with Crippen LogP contribution in [0.1, 0.15) is 214 Å². The molecule has 143 heavy (non-hydrogen) atoms. The third kappa shape index (κ3) is 21.3. The van der Waals surface area contributed by atoms with E-state index in [1.165, 1.54) is 34.9 Å². The van der Waals surface area contributed by atoms with Gasteiger partial charge in [-0.05, 0) is 192 Å². The number of carbonyl (C=O) groups is 5. The average Bonchev–Trinajstić information content (AvgIpc) is 1.69. The first kappa shape index (κ1) is 102. The van der Waals surface area contributed by atoms with E-state index >= 15 is 0 Å². The van der Waals surface area contributed by atoms with Crippen molar-refractivity contribution >= 4 is 105 Å². The highest BCUT2D eigenvalue weighted by Crippen LogP contribution is 2.52. The summed E-state index contributed by atoms with van der Waals surface area (Å²) in [6.45, 7) is 21.6. The van der Waals surface area contributed by atoms with Crippen molar-refractivity contribution in [1.82, 2.24) is 64.0 Å². The van der Waals surface area contributed by atoms with Crippen molar-refractivity contribution in [3.8, 4) is 115 Å². The first-order valence-electron chi connectivity index (χ1n) is 46.3. The number of carbonyl (C=O) groups excluding carboxylic acids is 5. The highest BCUT2D eigenvalue weighted by atomic mass is 35.5. The average molecular weight is 1990 g/mol. The Morgan fingerprint density at radius 2 is 1.07 bits per heavy atom. The van der Waals surface area contributed by atoms with Crippen LogP contribution in [0.4, 0.5) is 4.39 Å². The molecule has 5 amide bonds. The number of halogens is 2. The lowest BCUT2D eigenvalue weighted by Gasteiger charge is -2.40. The summed E-state index contributed by atoms with van der Waals surface area (Å²) in [5.41, 5.74) is 38.3. The van der Waals surface area contributed by atoms with Gasteiger partial charge in [0, 0.05) is 208 Å². The van der Waals surface area contributed by atoms with Crippen LogP contribution in [-0.2, 0) is 71.4 Å². The summed E-state index contributed by atoms with van der Waals surface area (Å²) >= 11 is 10.6.